The maximum Gasteiger partial charge on any atom is 0.254 e. The summed E-state index contributed by atoms with van der Waals surface area (Å²) in [5.41, 5.74) is 9.11. The molecule has 5 heteroatoms. The van der Waals surface area contributed by atoms with Gasteiger partial charge in [-0.05, 0) is 67.5 Å². The Kier molecular flexibility index (Phi) is 6.43. The van der Waals surface area contributed by atoms with Crippen molar-refractivity contribution in [3.8, 4) is 0 Å². The van der Waals surface area contributed by atoms with Crippen LogP contribution in [0.2, 0.25) is 0 Å². The minimum Gasteiger partial charge on any atom is -0.399 e. The summed E-state index contributed by atoms with van der Waals surface area (Å²) in [6.45, 7) is 3.42. The predicted molar refractivity (Wildman–Crippen MR) is 102 cm³/mol. The van der Waals surface area contributed by atoms with Gasteiger partial charge in [-0.3, -0.25) is 4.79 Å². The van der Waals surface area contributed by atoms with Crippen molar-refractivity contribution in [3.63, 3.8) is 0 Å². The van der Waals surface area contributed by atoms with Gasteiger partial charge in [-0.25, -0.2) is 4.39 Å². The number of piperidine rings is 1. The second kappa shape index (κ2) is 8.34. The van der Waals surface area contributed by atoms with Crippen LogP contribution < -0.4 is 5.73 Å². The lowest BCUT2D eigenvalue weighted by Crippen LogP contribution is -2.39. The molecule has 134 valence electrons. The van der Waals surface area contributed by atoms with Crippen LogP contribution in [-0.4, -0.2) is 23.9 Å². The number of benzene rings is 2. The number of hydrogen-bond acceptors (Lipinski definition) is 2. The molecule has 2 aromatic rings. The molecule has 0 aliphatic carbocycles. The number of hydrogen-bond donors (Lipinski definition) is 1. The lowest BCUT2D eigenvalue weighted by molar-refractivity contribution is 0.0690. The molecule has 3 rings (SSSR count). The van der Waals surface area contributed by atoms with Crippen LogP contribution in [0.5, 0.6) is 0 Å². The highest BCUT2D eigenvalue weighted by Crippen LogP contribution is 2.24. The first-order valence-electron chi connectivity index (χ1n) is 8.43. The molecule has 1 saturated heterocycles. The zero-order chi connectivity index (χ0) is 17.1. The normalized spacial score (nSPS) is 14.9. The highest BCUT2D eigenvalue weighted by Gasteiger charge is 2.24. The van der Waals surface area contributed by atoms with E-state index in [4.69, 9.17) is 5.73 Å². The second-order valence-corrected chi connectivity index (χ2v) is 6.64. The summed E-state index contributed by atoms with van der Waals surface area (Å²) in [7, 11) is 0. The Hall–Kier alpha value is -2.07. The van der Waals surface area contributed by atoms with Gasteiger partial charge in [0.15, 0.2) is 0 Å². The molecule has 0 bridgehead atoms. The van der Waals surface area contributed by atoms with Gasteiger partial charge >= 0.3 is 0 Å². The van der Waals surface area contributed by atoms with E-state index in [1.807, 2.05) is 30.0 Å². The number of anilines is 1. The lowest BCUT2D eigenvalue weighted by Gasteiger charge is -2.32. The summed E-state index contributed by atoms with van der Waals surface area (Å²) < 4.78 is 13.3. The molecule has 0 saturated carbocycles. The summed E-state index contributed by atoms with van der Waals surface area (Å²) in [6, 6.07) is 12.3. The Morgan fingerprint density at radius 2 is 1.92 bits per heavy atom. The molecular formula is C20H24ClFN2O. The van der Waals surface area contributed by atoms with Gasteiger partial charge in [0, 0.05) is 24.3 Å². The first kappa shape index (κ1) is 19.3. The van der Waals surface area contributed by atoms with Crippen LogP contribution in [0.4, 0.5) is 10.1 Å². The Labute approximate surface area is 154 Å². The quantitative estimate of drug-likeness (QED) is 0.830. The third kappa shape index (κ3) is 4.73. The minimum absolute atomic E-state index is 0. The van der Waals surface area contributed by atoms with E-state index in [-0.39, 0.29) is 24.1 Å². The Morgan fingerprint density at radius 1 is 1.20 bits per heavy atom. The van der Waals surface area contributed by atoms with Crippen molar-refractivity contribution in [2.45, 2.75) is 26.2 Å². The standard InChI is InChI=1S/C20H23FN2O.ClH/c1-14-5-6-18(22)13-19(14)20(24)23-9-7-15(8-10-23)11-16-3-2-4-17(21)12-16;/h2-6,12-13,15H,7-11,22H2,1H3;1H. The van der Waals surface area contributed by atoms with Gasteiger partial charge in [0.05, 0.1) is 0 Å². The molecule has 2 aromatic carbocycles. The molecule has 0 radical (unpaired) electrons. The fraction of sp³-hybridized carbons (Fsp3) is 0.350. The average molecular weight is 363 g/mol. The van der Waals surface area contributed by atoms with Crippen molar-refractivity contribution < 1.29 is 9.18 Å². The van der Waals surface area contributed by atoms with Crippen molar-refractivity contribution in [2.24, 2.45) is 5.92 Å². The van der Waals surface area contributed by atoms with E-state index < -0.39 is 0 Å². The minimum atomic E-state index is -0.183. The van der Waals surface area contributed by atoms with E-state index in [2.05, 4.69) is 0 Å². The van der Waals surface area contributed by atoms with Crippen LogP contribution >= 0.6 is 12.4 Å². The van der Waals surface area contributed by atoms with E-state index in [0.29, 0.717) is 17.2 Å². The molecule has 2 N–H and O–H groups in total. The SMILES string of the molecule is Cc1ccc(N)cc1C(=O)N1CCC(Cc2cccc(F)c2)CC1.Cl. The molecule has 25 heavy (non-hydrogen) atoms. The number of carbonyl (C=O) groups is 1. The maximum absolute atomic E-state index is 13.3. The number of rotatable bonds is 3. The summed E-state index contributed by atoms with van der Waals surface area (Å²) >= 11 is 0. The van der Waals surface area contributed by atoms with E-state index in [0.717, 1.165) is 43.5 Å². The third-order valence-electron chi connectivity index (χ3n) is 4.81. The molecule has 1 fully saturated rings. The number of likely N-dealkylation sites (tertiary alicyclic amines) is 1. The van der Waals surface area contributed by atoms with Crippen LogP contribution in [0, 0.1) is 18.7 Å². The smallest absolute Gasteiger partial charge is 0.254 e. The molecule has 3 nitrogen and oxygen atoms in total. The molecular weight excluding hydrogens is 339 g/mol. The predicted octanol–water partition coefficient (Wildman–Crippen LogP) is 4.23. The van der Waals surface area contributed by atoms with E-state index in [1.165, 1.54) is 6.07 Å². The molecule has 0 aromatic heterocycles. The van der Waals surface area contributed by atoms with Crippen LogP contribution in [0.3, 0.4) is 0 Å². The van der Waals surface area contributed by atoms with Gasteiger partial charge in [-0.1, -0.05) is 18.2 Å². The molecule has 0 spiro atoms. The first-order chi connectivity index (χ1) is 11.5. The van der Waals surface area contributed by atoms with Gasteiger partial charge in [0.25, 0.3) is 5.91 Å². The van der Waals surface area contributed by atoms with Crippen molar-refractivity contribution in [1.29, 1.82) is 0 Å². The van der Waals surface area contributed by atoms with Crippen LogP contribution in [0.1, 0.15) is 34.3 Å². The summed E-state index contributed by atoms with van der Waals surface area (Å²) in [6.07, 6.45) is 2.77. The Bertz CT molecular complexity index is 742. The first-order valence-corrected chi connectivity index (χ1v) is 8.43. The lowest BCUT2D eigenvalue weighted by atomic mass is 9.90. The number of nitrogen functional groups attached to an aromatic ring is 1. The Balaban J connectivity index is 0.00000225. The van der Waals surface area contributed by atoms with E-state index in [9.17, 15) is 9.18 Å². The number of halogens is 2. The summed E-state index contributed by atoms with van der Waals surface area (Å²) in [5.74, 6) is 0.374. The third-order valence-corrected chi connectivity index (χ3v) is 4.81. The molecule has 0 unspecified atom stereocenters. The average Bonchev–Trinajstić information content (AvgIpc) is 2.57. The van der Waals surface area contributed by atoms with E-state index >= 15 is 0 Å². The summed E-state index contributed by atoms with van der Waals surface area (Å²) in [5, 5.41) is 0. The number of nitrogens with zero attached hydrogens (tertiary/aromatic N) is 1. The molecule has 1 amide bonds. The monoisotopic (exact) mass is 362 g/mol. The molecule has 0 atom stereocenters. The van der Waals surface area contributed by atoms with Gasteiger partial charge < -0.3 is 10.6 Å². The number of nitrogens with two attached hydrogens (primary N) is 1. The van der Waals surface area contributed by atoms with Gasteiger partial charge in [-0.2, -0.15) is 0 Å². The van der Waals surface area contributed by atoms with Crippen molar-refractivity contribution in [2.75, 3.05) is 18.8 Å². The van der Waals surface area contributed by atoms with Crippen molar-refractivity contribution in [3.05, 3.63) is 65.0 Å². The topological polar surface area (TPSA) is 46.3 Å². The van der Waals surface area contributed by atoms with Crippen LogP contribution in [0.15, 0.2) is 42.5 Å². The fourth-order valence-corrected chi connectivity index (χ4v) is 3.38. The maximum atomic E-state index is 13.3. The highest BCUT2D eigenvalue weighted by atomic mass is 35.5. The van der Waals surface area contributed by atoms with E-state index in [1.54, 1.807) is 18.2 Å². The number of amides is 1. The fourth-order valence-electron chi connectivity index (χ4n) is 3.38. The molecule has 1 heterocycles. The van der Waals surface area contributed by atoms with Gasteiger partial charge in [0.2, 0.25) is 0 Å². The molecule has 1 aliphatic heterocycles. The van der Waals surface area contributed by atoms with Gasteiger partial charge in [-0.15, -0.1) is 12.4 Å². The van der Waals surface area contributed by atoms with Crippen LogP contribution in [0.25, 0.3) is 0 Å². The second-order valence-electron chi connectivity index (χ2n) is 6.64. The highest BCUT2D eigenvalue weighted by molar-refractivity contribution is 5.96. The number of aryl methyl sites for hydroxylation is 1. The summed E-state index contributed by atoms with van der Waals surface area (Å²) in [4.78, 5) is 14.6. The van der Waals surface area contributed by atoms with Crippen molar-refractivity contribution in [1.82, 2.24) is 4.90 Å². The zero-order valence-electron chi connectivity index (χ0n) is 14.4. The number of carbonyl (C=O) groups excluding carboxylic acids is 1. The van der Waals surface area contributed by atoms with Crippen LogP contribution in [-0.2, 0) is 6.42 Å². The molecule has 1 aliphatic rings. The van der Waals surface area contributed by atoms with Gasteiger partial charge in [0.1, 0.15) is 5.82 Å². The largest absolute Gasteiger partial charge is 0.399 e. The Morgan fingerprint density at radius 3 is 2.60 bits per heavy atom. The van der Waals surface area contributed by atoms with Crippen molar-refractivity contribution >= 4 is 24.0 Å². The zero-order valence-corrected chi connectivity index (χ0v) is 15.2.